The fraction of sp³-hybridized carbons (Fsp3) is 0.812. The second kappa shape index (κ2) is 10.2. The zero-order valence-corrected chi connectivity index (χ0v) is 23.0. The molecular formula is C32H54. The van der Waals surface area contributed by atoms with E-state index in [1.165, 1.54) is 51.4 Å². The van der Waals surface area contributed by atoms with Crippen LogP contribution in [0.5, 0.6) is 0 Å². The molecule has 4 rings (SSSR count). The van der Waals surface area contributed by atoms with E-state index in [0.717, 1.165) is 29.6 Å². The van der Waals surface area contributed by atoms with Gasteiger partial charge in [-0.1, -0.05) is 104 Å². The van der Waals surface area contributed by atoms with Gasteiger partial charge < -0.3 is 0 Å². The van der Waals surface area contributed by atoms with Crippen molar-refractivity contribution >= 4 is 0 Å². The monoisotopic (exact) mass is 438 g/mol. The summed E-state index contributed by atoms with van der Waals surface area (Å²) in [6, 6.07) is 0. The fourth-order valence-electron chi connectivity index (χ4n) is 7.80. The van der Waals surface area contributed by atoms with E-state index < -0.39 is 0 Å². The van der Waals surface area contributed by atoms with Crippen molar-refractivity contribution in [3.8, 4) is 0 Å². The Morgan fingerprint density at radius 2 is 1.59 bits per heavy atom. The minimum Gasteiger partial charge on any atom is -0.0852 e. The van der Waals surface area contributed by atoms with Gasteiger partial charge in [0.1, 0.15) is 0 Å². The van der Waals surface area contributed by atoms with Gasteiger partial charge in [0.15, 0.2) is 0 Å². The normalized spacial score (nSPS) is 40.4. The Morgan fingerprint density at radius 1 is 0.906 bits per heavy atom. The highest BCUT2D eigenvalue weighted by molar-refractivity contribution is 5.38. The van der Waals surface area contributed by atoms with Gasteiger partial charge in [-0.25, -0.2) is 0 Å². The number of fused-ring (bicyclic) bond motifs is 5. The number of allylic oxidation sites excluding steroid dienone is 6. The van der Waals surface area contributed by atoms with Crippen LogP contribution in [0.25, 0.3) is 0 Å². The third-order valence-electron chi connectivity index (χ3n) is 10.3. The summed E-state index contributed by atoms with van der Waals surface area (Å²) in [6.07, 6.45) is 21.4. The number of hydrogen-bond acceptors (Lipinski definition) is 0. The highest BCUT2D eigenvalue weighted by atomic mass is 14.6. The van der Waals surface area contributed by atoms with Crippen LogP contribution in [0.2, 0.25) is 0 Å². The SMILES string of the molecule is CC(C)C(C)/C=C/C(C)C1CC[C@H]2C3=CC=C4C[C@@H](C)CC[C@]4(C)[C@H]3CC[C@]12C.CCC. The van der Waals surface area contributed by atoms with Gasteiger partial charge in [0.05, 0.1) is 0 Å². The summed E-state index contributed by atoms with van der Waals surface area (Å²) in [5, 5.41) is 0. The Morgan fingerprint density at radius 3 is 2.25 bits per heavy atom. The molecule has 0 N–H and O–H groups in total. The molecule has 3 saturated carbocycles. The van der Waals surface area contributed by atoms with Gasteiger partial charge in [-0.2, -0.15) is 0 Å². The predicted molar refractivity (Wildman–Crippen MR) is 143 cm³/mol. The van der Waals surface area contributed by atoms with Crippen LogP contribution in [0.1, 0.15) is 114 Å². The molecular weight excluding hydrogens is 384 g/mol. The highest BCUT2D eigenvalue weighted by Crippen LogP contribution is 2.66. The maximum Gasteiger partial charge on any atom is -0.00474 e. The zero-order valence-electron chi connectivity index (χ0n) is 23.0. The van der Waals surface area contributed by atoms with Gasteiger partial charge in [0, 0.05) is 0 Å². The van der Waals surface area contributed by atoms with E-state index in [4.69, 9.17) is 0 Å². The second-order valence-electron chi connectivity index (χ2n) is 13.0. The van der Waals surface area contributed by atoms with E-state index in [2.05, 4.69) is 86.6 Å². The van der Waals surface area contributed by atoms with Crippen LogP contribution in [-0.4, -0.2) is 0 Å². The second-order valence-corrected chi connectivity index (χ2v) is 13.0. The molecule has 4 aliphatic carbocycles. The summed E-state index contributed by atoms with van der Waals surface area (Å²) in [4.78, 5) is 0. The van der Waals surface area contributed by atoms with Crippen LogP contribution in [0.3, 0.4) is 0 Å². The Bertz CT molecular complexity index is 720. The Kier molecular flexibility index (Phi) is 8.26. The van der Waals surface area contributed by atoms with E-state index in [1.54, 1.807) is 5.57 Å². The Labute approximate surface area is 201 Å². The lowest BCUT2D eigenvalue weighted by molar-refractivity contribution is 0.0539. The van der Waals surface area contributed by atoms with E-state index >= 15 is 0 Å². The quantitative estimate of drug-likeness (QED) is 0.383. The van der Waals surface area contributed by atoms with Crippen molar-refractivity contribution in [2.24, 2.45) is 52.3 Å². The minimum absolute atomic E-state index is 0.466. The van der Waals surface area contributed by atoms with Crippen LogP contribution in [0.4, 0.5) is 0 Å². The van der Waals surface area contributed by atoms with Crippen molar-refractivity contribution in [3.05, 3.63) is 35.5 Å². The first-order valence-corrected chi connectivity index (χ1v) is 14.2. The molecule has 0 spiro atoms. The number of rotatable bonds is 4. The zero-order chi connectivity index (χ0) is 23.7. The first-order valence-electron chi connectivity index (χ1n) is 14.2. The highest BCUT2D eigenvalue weighted by Gasteiger charge is 2.56. The van der Waals surface area contributed by atoms with E-state index in [0.29, 0.717) is 22.7 Å². The molecule has 32 heavy (non-hydrogen) atoms. The van der Waals surface area contributed by atoms with Crippen molar-refractivity contribution in [2.75, 3.05) is 0 Å². The molecule has 0 aromatic carbocycles. The summed E-state index contributed by atoms with van der Waals surface area (Å²) in [7, 11) is 0. The van der Waals surface area contributed by atoms with Crippen LogP contribution >= 0.6 is 0 Å². The lowest BCUT2D eigenvalue weighted by Gasteiger charge is -2.55. The maximum atomic E-state index is 2.66. The molecule has 0 radical (unpaired) electrons. The largest absolute Gasteiger partial charge is 0.0852 e. The van der Waals surface area contributed by atoms with Gasteiger partial charge in [0.25, 0.3) is 0 Å². The number of hydrogen-bond donors (Lipinski definition) is 0. The molecule has 0 aliphatic heterocycles. The Balaban J connectivity index is 0.000000913. The van der Waals surface area contributed by atoms with Crippen LogP contribution in [0.15, 0.2) is 35.5 Å². The molecule has 0 aromatic heterocycles. The van der Waals surface area contributed by atoms with Crippen LogP contribution < -0.4 is 0 Å². The summed E-state index contributed by atoms with van der Waals surface area (Å²) in [5.41, 5.74) is 4.61. The molecule has 0 aromatic rings. The minimum atomic E-state index is 0.466. The predicted octanol–water partition coefficient (Wildman–Crippen LogP) is 10.0. The average molecular weight is 439 g/mol. The summed E-state index contributed by atoms with van der Waals surface area (Å²) in [6.45, 7) is 21.6. The van der Waals surface area contributed by atoms with Crippen molar-refractivity contribution in [3.63, 3.8) is 0 Å². The molecule has 4 aliphatic rings. The van der Waals surface area contributed by atoms with Crippen molar-refractivity contribution in [1.29, 1.82) is 0 Å². The average Bonchev–Trinajstić information content (AvgIpc) is 3.10. The smallest absolute Gasteiger partial charge is 0.00474 e. The summed E-state index contributed by atoms with van der Waals surface area (Å²) >= 11 is 0. The van der Waals surface area contributed by atoms with E-state index in [9.17, 15) is 0 Å². The van der Waals surface area contributed by atoms with Crippen molar-refractivity contribution in [1.82, 2.24) is 0 Å². The third kappa shape index (κ3) is 4.72. The van der Waals surface area contributed by atoms with Gasteiger partial charge in [0.2, 0.25) is 0 Å². The molecule has 0 heterocycles. The molecule has 0 nitrogen and oxygen atoms in total. The molecule has 3 unspecified atom stereocenters. The van der Waals surface area contributed by atoms with Gasteiger partial charge in [-0.05, 0) is 97.2 Å². The van der Waals surface area contributed by atoms with Crippen LogP contribution in [0, 0.1) is 52.3 Å². The summed E-state index contributed by atoms with van der Waals surface area (Å²) in [5.74, 6) is 5.55. The van der Waals surface area contributed by atoms with Crippen LogP contribution in [-0.2, 0) is 0 Å². The first-order chi connectivity index (χ1) is 15.1. The molecule has 0 heteroatoms. The van der Waals surface area contributed by atoms with Crippen molar-refractivity contribution < 1.29 is 0 Å². The summed E-state index contributed by atoms with van der Waals surface area (Å²) < 4.78 is 0. The van der Waals surface area contributed by atoms with E-state index in [1.807, 2.05) is 5.57 Å². The first kappa shape index (κ1) is 25.8. The van der Waals surface area contributed by atoms with Gasteiger partial charge in [-0.3, -0.25) is 0 Å². The lowest BCUT2D eigenvalue weighted by Crippen LogP contribution is -2.45. The maximum absolute atomic E-state index is 2.66. The molecule has 3 fully saturated rings. The third-order valence-corrected chi connectivity index (χ3v) is 10.3. The van der Waals surface area contributed by atoms with Gasteiger partial charge in [-0.15, -0.1) is 0 Å². The topological polar surface area (TPSA) is 0 Å². The molecule has 0 bridgehead atoms. The molecule has 182 valence electrons. The standard InChI is InChI=1S/C29H46.C3H8/c1-19(2)21(4)8-9-22(5)25-12-13-26-24-11-10-23-18-20(3)14-16-28(23,6)27(24)15-17-29(25,26)7;1-3-2/h8-11,19-22,25-27H,12-18H2,1-7H3;3H2,1-2H3/b9-8+;/t20-,21?,22?,25?,26-,27-,28-,29+;/m0./s1. The lowest BCUT2D eigenvalue weighted by atomic mass is 9.49. The Hall–Kier alpha value is -0.780. The fourth-order valence-corrected chi connectivity index (χ4v) is 7.80. The van der Waals surface area contributed by atoms with E-state index in [-0.39, 0.29) is 0 Å². The molecule has 8 atom stereocenters. The molecule has 0 amide bonds. The van der Waals surface area contributed by atoms with Crippen molar-refractivity contribution in [2.45, 2.75) is 114 Å². The van der Waals surface area contributed by atoms with Gasteiger partial charge >= 0.3 is 0 Å². The molecule has 0 saturated heterocycles.